The fourth-order valence-electron chi connectivity index (χ4n) is 2.15. The summed E-state index contributed by atoms with van der Waals surface area (Å²) in [5, 5.41) is 3.39. The number of benzene rings is 1. The third-order valence-corrected chi connectivity index (χ3v) is 3.18. The Bertz CT molecular complexity index is 424. The van der Waals surface area contributed by atoms with Crippen LogP contribution in [0.3, 0.4) is 0 Å². The predicted octanol–water partition coefficient (Wildman–Crippen LogP) is 2.63. The first-order valence-electron chi connectivity index (χ1n) is 6.38. The molecule has 1 N–H and O–H groups in total. The number of hydrogen-bond acceptors (Lipinski definition) is 3. The Morgan fingerprint density at radius 3 is 2.72 bits per heavy atom. The monoisotopic (exact) mass is 245 g/mol. The van der Waals surface area contributed by atoms with Gasteiger partial charge in [-0.3, -0.25) is 0 Å². The third-order valence-electron chi connectivity index (χ3n) is 3.18. The number of hydrogen-bond donors (Lipinski definition) is 1. The zero-order valence-electron chi connectivity index (χ0n) is 10.7. The molecule has 1 heterocycles. The zero-order valence-corrected chi connectivity index (χ0v) is 10.7. The van der Waals surface area contributed by atoms with Crippen LogP contribution in [0.25, 0.3) is 6.08 Å². The number of nitrogens with one attached hydrogen (secondary N) is 1. The zero-order chi connectivity index (χ0) is 12.8. The van der Waals surface area contributed by atoms with Gasteiger partial charge in [-0.2, -0.15) is 0 Å². The normalized spacial score (nSPS) is 18.4. The Balaban J connectivity index is 2.09. The quantitative estimate of drug-likeness (QED) is 0.814. The molecule has 0 bridgehead atoms. The summed E-state index contributed by atoms with van der Waals surface area (Å²) in [5.41, 5.74) is 3.23. The van der Waals surface area contributed by atoms with Crippen molar-refractivity contribution in [3.8, 4) is 0 Å². The van der Waals surface area contributed by atoms with Gasteiger partial charge in [-0.15, -0.1) is 0 Å². The third kappa shape index (κ3) is 3.44. The lowest BCUT2D eigenvalue weighted by Gasteiger charge is -2.03. The van der Waals surface area contributed by atoms with Gasteiger partial charge in [-0.25, -0.2) is 4.79 Å². The number of carbonyl (C=O) groups excluding carboxylic acids is 1. The minimum Gasteiger partial charge on any atom is -0.465 e. The molecule has 3 nitrogen and oxygen atoms in total. The highest BCUT2D eigenvalue weighted by atomic mass is 16.5. The molecule has 1 fully saturated rings. The van der Waals surface area contributed by atoms with Gasteiger partial charge < -0.3 is 10.1 Å². The molecule has 1 aromatic carbocycles. The van der Waals surface area contributed by atoms with Crippen molar-refractivity contribution in [1.82, 2.24) is 5.32 Å². The van der Waals surface area contributed by atoms with Gasteiger partial charge in [0.2, 0.25) is 0 Å². The van der Waals surface area contributed by atoms with Crippen LogP contribution in [-0.4, -0.2) is 26.2 Å². The second kappa shape index (κ2) is 6.36. The molecule has 1 saturated heterocycles. The van der Waals surface area contributed by atoms with Gasteiger partial charge in [-0.05, 0) is 50.0 Å². The number of carbonyl (C=O) groups is 1. The molecule has 2 rings (SSSR count). The van der Waals surface area contributed by atoms with Crippen molar-refractivity contribution in [2.24, 2.45) is 0 Å². The van der Waals surface area contributed by atoms with Crippen LogP contribution in [0.4, 0.5) is 0 Å². The van der Waals surface area contributed by atoms with E-state index in [2.05, 4.69) is 16.1 Å². The Morgan fingerprint density at radius 1 is 1.22 bits per heavy atom. The number of ether oxygens (including phenoxy) is 1. The number of rotatable bonds is 2. The minimum atomic E-state index is -0.284. The van der Waals surface area contributed by atoms with Crippen LogP contribution in [0.15, 0.2) is 29.8 Å². The lowest BCUT2D eigenvalue weighted by molar-refractivity contribution is 0.0601. The van der Waals surface area contributed by atoms with Crippen LogP contribution in [0.2, 0.25) is 0 Å². The van der Waals surface area contributed by atoms with E-state index < -0.39 is 0 Å². The molecule has 3 heteroatoms. The molecule has 18 heavy (non-hydrogen) atoms. The van der Waals surface area contributed by atoms with E-state index in [1.165, 1.54) is 19.1 Å². The molecule has 0 unspecified atom stereocenters. The van der Waals surface area contributed by atoms with Crippen molar-refractivity contribution in [3.05, 3.63) is 41.0 Å². The van der Waals surface area contributed by atoms with Crippen molar-refractivity contribution >= 4 is 12.0 Å². The lowest BCUT2D eigenvalue weighted by atomic mass is 10.0. The average Bonchev–Trinajstić information content (AvgIpc) is 2.67. The van der Waals surface area contributed by atoms with Crippen LogP contribution in [0.5, 0.6) is 0 Å². The second-order valence-electron chi connectivity index (χ2n) is 4.52. The van der Waals surface area contributed by atoms with Crippen molar-refractivity contribution < 1.29 is 9.53 Å². The molecular weight excluding hydrogens is 226 g/mol. The summed E-state index contributed by atoms with van der Waals surface area (Å²) in [7, 11) is 1.40. The summed E-state index contributed by atoms with van der Waals surface area (Å²) >= 11 is 0. The van der Waals surface area contributed by atoms with E-state index >= 15 is 0 Å². The first kappa shape index (κ1) is 12.8. The number of esters is 1. The summed E-state index contributed by atoms with van der Waals surface area (Å²) < 4.78 is 4.68. The standard InChI is InChI=1S/C15H19NO2/c1-18-15(17)14-6-4-13(5-7-14)11-12-3-2-9-16-10-8-12/h4-7,11,16H,2-3,8-10H2,1H3. The van der Waals surface area contributed by atoms with Gasteiger partial charge >= 0.3 is 5.97 Å². The van der Waals surface area contributed by atoms with Gasteiger partial charge in [0.25, 0.3) is 0 Å². The van der Waals surface area contributed by atoms with E-state index in [0.717, 1.165) is 31.5 Å². The van der Waals surface area contributed by atoms with Gasteiger partial charge in [0, 0.05) is 0 Å². The topological polar surface area (TPSA) is 38.3 Å². The highest BCUT2D eigenvalue weighted by Crippen LogP contribution is 2.17. The molecule has 0 aromatic heterocycles. The second-order valence-corrected chi connectivity index (χ2v) is 4.52. The Labute approximate surface area is 108 Å². The molecular formula is C15H19NO2. The van der Waals surface area contributed by atoms with E-state index in [-0.39, 0.29) is 5.97 Å². The Morgan fingerprint density at radius 2 is 2.00 bits per heavy atom. The van der Waals surface area contributed by atoms with Crippen LogP contribution < -0.4 is 5.32 Å². The molecule has 0 aliphatic carbocycles. The molecule has 0 spiro atoms. The minimum absolute atomic E-state index is 0.284. The van der Waals surface area contributed by atoms with Gasteiger partial charge in [0.15, 0.2) is 0 Å². The highest BCUT2D eigenvalue weighted by molar-refractivity contribution is 5.89. The van der Waals surface area contributed by atoms with Crippen molar-refractivity contribution in [3.63, 3.8) is 0 Å². The van der Waals surface area contributed by atoms with Crippen LogP contribution in [0, 0.1) is 0 Å². The molecule has 1 aliphatic rings. The Kier molecular flexibility index (Phi) is 4.53. The van der Waals surface area contributed by atoms with Gasteiger partial charge in [0.1, 0.15) is 0 Å². The van der Waals surface area contributed by atoms with Gasteiger partial charge in [0.05, 0.1) is 12.7 Å². The maximum absolute atomic E-state index is 11.3. The van der Waals surface area contributed by atoms with E-state index in [9.17, 15) is 4.79 Å². The van der Waals surface area contributed by atoms with E-state index in [4.69, 9.17) is 0 Å². The fourth-order valence-corrected chi connectivity index (χ4v) is 2.15. The maximum atomic E-state index is 11.3. The summed E-state index contributed by atoms with van der Waals surface area (Å²) in [5.74, 6) is -0.284. The van der Waals surface area contributed by atoms with Gasteiger partial charge in [-0.1, -0.05) is 23.8 Å². The summed E-state index contributed by atoms with van der Waals surface area (Å²) in [6, 6.07) is 7.56. The molecule has 96 valence electrons. The number of methoxy groups -OCH3 is 1. The molecule has 0 saturated carbocycles. The first-order chi connectivity index (χ1) is 8.79. The van der Waals surface area contributed by atoms with Crippen molar-refractivity contribution in [2.75, 3.05) is 20.2 Å². The molecule has 1 aliphatic heterocycles. The largest absolute Gasteiger partial charge is 0.465 e. The van der Waals surface area contributed by atoms with Crippen LogP contribution >= 0.6 is 0 Å². The maximum Gasteiger partial charge on any atom is 0.337 e. The molecule has 0 radical (unpaired) electrons. The van der Waals surface area contributed by atoms with Crippen molar-refractivity contribution in [2.45, 2.75) is 19.3 Å². The summed E-state index contributed by atoms with van der Waals surface area (Å²) in [6.45, 7) is 2.17. The van der Waals surface area contributed by atoms with E-state index in [0.29, 0.717) is 5.56 Å². The molecule has 0 atom stereocenters. The smallest absolute Gasteiger partial charge is 0.337 e. The average molecular weight is 245 g/mol. The Hall–Kier alpha value is -1.61. The highest BCUT2D eigenvalue weighted by Gasteiger charge is 2.05. The predicted molar refractivity (Wildman–Crippen MR) is 72.5 cm³/mol. The first-order valence-corrected chi connectivity index (χ1v) is 6.38. The van der Waals surface area contributed by atoms with Crippen LogP contribution in [-0.2, 0) is 4.74 Å². The molecule has 1 aromatic rings. The summed E-state index contributed by atoms with van der Waals surface area (Å²) in [6.07, 6.45) is 5.70. The van der Waals surface area contributed by atoms with Crippen LogP contribution in [0.1, 0.15) is 35.2 Å². The SMILES string of the molecule is COC(=O)c1ccc(C=C2CCCNCC2)cc1. The lowest BCUT2D eigenvalue weighted by Crippen LogP contribution is -2.13. The van der Waals surface area contributed by atoms with E-state index in [1.807, 2.05) is 24.3 Å². The fraction of sp³-hybridized carbons (Fsp3) is 0.400. The molecule has 0 amide bonds. The van der Waals surface area contributed by atoms with Crippen molar-refractivity contribution in [1.29, 1.82) is 0 Å². The van der Waals surface area contributed by atoms with E-state index in [1.54, 1.807) is 0 Å². The summed E-state index contributed by atoms with van der Waals surface area (Å²) in [4.78, 5) is 11.3.